The van der Waals surface area contributed by atoms with E-state index >= 15 is 0 Å². The lowest BCUT2D eigenvalue weighted by molar-refractivity contribution is 0.244. The topological polar surface area (TPSA) is 28.2 Å². The monoisotopic (exact) mass is 239 g/mol. The van der Waals surface area contributed by atoms with E-state index in [-0.39, 0.29) is 0 Å². The molecule has 2 rings (SSSR count). The summed E-state index contributed by atoms with van der Waals surface area (Å²) in [7, 11) is 0. The van der Waals surface area contributed by atoms with Crippen molar-refractivity contribution in [2.45, 2.75) is 26.7 Å². The molecule has 1 fully saturated rings. The lowest BCUT2D eigenvalue weighted by Crippen LogP contribution is -2.44. The Morgan fingerprint density at radius 3 is 2.75 bits per heavy atom. The number of hydrogen-bond donors (Lipinski definition) is 1. The Kier molecular flexibility index (Phi) is 4.32. The molecule has 16 heavy (non-hydrogen) atoms. The van der Waals surface area contributed by atoms with Crippen molar-refractivity contribution in [1.82, 2.24) is 15.2 Å². The predicted molar refractivity (Wildman–Crippen MR) is 69.2 cm³/mol. The first-order valence-corrected chi connectivity index (χ1v) is 6.99. The molecule has 90 valence electrons. The van der Waals surface area contributed by atoms with Crippen LogP contribution in [-0.2, 0) is 12.8 Å². The van der Waals surface area contributed by atoms with Gasteiger partial charge in [0, 0.05) is 37.6 Å². The molecule has 1 aromatic heterocycles. The van der Waals surface area contributed by atoms with Crippen LogP contribution in [0.15, 0.2) is 0 Å². The van der Waals surface area contributed by atoms with Crippen LogP contribution in [0.2, 0.25) is 0 Å². The summed E-state index contributed by atoms with van der Waals surface area (Å²) < 4.78 is 0. The summed E-state index contributed by atoms with van der Waals surface area (Å²) in [4.78, 5) is 8.61. The summed E-state index contributed by atoms with van der Waals surface area (Å²) >= 11 is 1.89. The predicted octanol–water partition coefficient (Wildman–Crippen LogP) is 1.46. The first-order valence-electron chi connectivity index (χ1n) is 6.18. The third-order valence-corrected chi connectivity index (χ3v) is 4.47. The summed E-state index contributed by atoms with van der Waals surface area (Å²) in [5.74, 6) is 0. The summed E-state index contributed by atoms with van der Waals surface area (Å²) in [6.07, 6.45) is 2.24. The standard InChI is InChI=1S/C12H21N3S/c1-3-12-14-10(2)11(16-12)4-7-15-8-5-13-6-9-15/h13H,3-9H2,1-2H3. The minimum Gasteiger partial charge on any atom is -0.314 e. The second kappa shape index (κ2) is 5.75. The number of aryl methyl sites for hydroxylation is 2. The maximum Gasteiger partial charge on any atom is 0.0928 e. The molecule has 0 amide bonds. The molecule has 0 unspecified atom stereocenters. The van der Waals surface area contributed by atoms with Gasteiger partial charge in [0.05, 0.1) is 10.7 Å². The molecule has 4 heteroatoms. The van der Waals surface area contributed by atoms with E-state index in [1.54, 1.807) is 0 Å². The van der Waals surface area contributed by atoms with E-state index in [4.69, 9.17) is 0 Å². The van der Waals surface area contributed by atoms with Crippen molar-refractivity contribution in [2.75, 3.05) is 32.7 Å². The van der Waals surface area contributed by atoms with Crippen molar-refractivity contribution >= 4 is 11.3 Å². The highest BCUT2D eigenvalue weighted by Crippen LogP contribution is 2.19. The Hall–Kier alpha value is -0.450. The molecule has 1 aromatic rings. The minimum atomic E-state index is 1.07. The molecule has 1 N–H and O–H groups in total. The zero-order valence-corrected chi connectivity index (χ0v) is 11.1. The van der Waals surface area contributed by atoms with Crippen molar-refractivity contribution in [2.24, 2.45) is 0 Å². The molecule has 0 bridgehead atoms. The van der Waals surface area contributed by atoms with Gasteiger partial charge >= 0.3 is 0 Å². The van der Waals surface area contributed by atoms with Crippen LogP contribution in [-0.4, -0.2) is 42.6 Å². The minimum absolute atomic E-state index is 1.07. The first kappa shape index (κ1) is 12.0. The average Bonchev–Trinajstić information content (AvgIpc) is 2.69. The highest BCUT2D eigenvalue weighted by atomic mass is 32.1. The summed E-state index contributed by atoms with van der Waals surface area (Å²) in [6.45, 7) is 10.2. The Balaban J connectivity index is 1.85. The molecular weight excluding hydrogens is 218 g/mol. The molecule has 1 saturated heterocycles. The molecule has 3 nitrogen and oxygen atoms in total. The maximum absolute atomic E-state index is 4.58. The summed E-state index contributed by atoms with van der Waals surface area (Å²) in [5, 5.41) is 4.67. The number of rotatable bonds is 4. The number of piperazine rings is 1. The van der Waals surface area contributed by atoms with Gasteiger partial charge in [-0.05, 0) is 19.8 Å². The SMILES string of the molecule is CCc1nc(C)c(CCN2CCNCC2)s1. The lowest BCUT2D eigenvalue weighted by Gasteiger charge is -2.26. The van der Waals surface area contributed by atoms with Gasteiger partial charge < -0.3 is 10.2 Å². The van der Waals surface area contributed by atoms with Gasteiger partial charge in [-0.15, -0.1) is 11.3 Å². The molecule has 0 saturated carbocycles. The van der Waals surface area contributed by atoms with Gasteiger partial charge in [-0.3, -0.25) is 0 Å². The number of hydrogen-bond acceptors (Lipinski definition) is 4. The smallest absolute Gasteiger partial charge is 0.0928 e. The molecule has 0 aliphatic carbocycles. The van der Waals surface area contributed by atoms with Gasteiger partial charge in [-0.1, -0.05) is 6.92 Å². The Labute approximate surface area is 102 Å². The maximum atomic E-state index is 4.58. The van der Waals surface area contributed by atoms with Crippen molar-refractivity contribution in [3.05, 3.63) is 15.6 Å². The Morgan fingerprint density at radius 1 is 1.38 bits per heavy atom. The van der Waals surface area contributed by atoms with Gasteiger partial charge in [0.2, 0.25) is 0 Å². The number of nitrogens with zero attached hydrogens (tertiary/aromatic N) is 2. The number of aromatic nitrogens is 1. The average molecular weight is 239 g/mol. The molecule has 0 spiro atoms. The fourth-order valence-corrected chi connectivity index (χ4v) is 3.06. The molecular formula is C12H21N3S. The van der Waals surface area contributed by atoms with Crippen LogP contribution in [0.3, 0.4) is 0 Å². The van der Waals surface area contributed by atoms with E-state index in [0.717, 1.165) is 19.5 Å². The number of thiazole rings is 1. The first-order chi connectivity index (χ1) is 7.79. The fraction of sp³-hybridized carbons (Fsp3) is 0.750. The second-order valence-corrected chi connectivity index (χ2v) is 5.48. The third kappa shape index (κ3) is 3.03. The largest absolute Gasteiger partial charge is 0.314 e. The van der Waals surface area contributed by atoms with Crippen LogP contribution in [0.4, 0.5) is 0 Å². The van der Waals surface area contributed by atoms with E-state index < -0.39 is 0 Å². The molecule has 0 atom stereocenters. The van der Waals surface area contributed by atoms with E-state index in [1.165, 1.54) is 41.6 Å². The van der Waals surface area contributed by atoms with Gasteiger partial charge in [-0.2, -0.15) is 0 Å². The van der Waals surface area contributed by atoms with Gasteiger partial charge in [0.15, 0.2) is 0 Å². The third-order valence-electron chi connectivity index (χ3n) is 3.10. The summed E-state index contributed by atoms with van der Waals surface area (Å²) in [5.41, 5.74) is 1.25. The second-order valence-electron chi connectivity index (χ2n) is 4.31. The van der Waals surface area contributed by atoms with Crippen LogP contribution in [0.1, 0.15) is 22.5 Å². The van der Waals surface area contributed by atoms with E-state index in [0.29, 0.717) is 0 Å². The Bertz CT molecular complexity index is 329. The molecule has 0 aromatic carbocycles. The van der Waals surface area contributed by atoms with Crippen molar-refractivity contribution in [3.63, 3.8) is 0 Å². The van der Waals surface area contributed by atoms with Crippen molar-refractivity contribution < 1.29 is 0 Å². The van der Waals surface area contributed by atoms with E-state index in [1.807, 2.05) is 11.3 Å². The molecule has 0 radical (unpaired) electrons. The van der Waals surface area contributed by atoms with Gasteiger partial charge in [0.1, 0.15) is 0 Å². The lowest BCUT2D eigenvalue weighted by atomic mass is 10.2. The normalized spacial score (nSPS) is 17.9. The Morgan fingerprint density at radius 2 is 2.12 bits per heavy atom. The molecule has 1 aliphatic rings. The van der Waals surface area contributed by atoms with Crippen LogP contribution in [0, 0.1) is 6.92 Å². The number of nitrogens with one attached hydrogen (secondary N) is 1. The zero-order chi connectivity index (χ0) is 11.4. The highest BCUT2D eigenvalue weighted by molar-refractivity contribution is 7.11. The van der Waals surface area contributed by atoms with Crippen LogP contribution in [0.25, 0.3) is 0 Å². The van der Waals surface area contributed by atoms with Crippen molar-refractivity contribution in [3.8, 4) is 0 Å². The van der Waals surface area contributed by atoms with Gasteiger partial charge in [-0.25, -0.2) is 4.98 Å². The van der Waals surface area contributed by atoms with Crippen LogP contribution in [0.5, 0.6) is 0 Å². The summed E-state index contributed by atoms with van der Waals surface area (Å²) in [6, 6.07) is 0. The van der Waals surface area contributed by atoms with Gasteiger partial charge in [0.25, 0.3) is 0 Å². The van der Waals surface area contributed by atoms with E-state index in [2.05, 4.69) is 29.0 Å². The van der Waals surface area contributed by atoms with E-state index in [9.17, 15) is 0 Å². The fourth-order valence-electron chi connectivity index (χ4n) is 2.07. The highest BCUT2D eigenvalue weighted by Gasteiger charge is 2.11. The van der Waals surface area contributed by atoms with Crippen molar-refractivity contribution in [1.29, 1.82) is 0 Å². The zero-order valence-electron chi connectivity index (χ0n) is 10.3. The molecule has 2 heterocycles. The molecule has 1 aliphatic heterocycles. The van der Waals surface area contributed by atoms with Crippen LogP contribution >= 0.6 is 11.3 Å². The van der Waals surface area contributed by atoms with Crippen LogP contribution < -0.4 is 5.32 Å². The quantitative estimate of drug-likeness (QED) is 0.862.